The summed E-state index contributed by atoms with van der Waals surface area (Å²) in [5.41, 5.74) is 2.61. The van der Waals surface area contributed by atoms with E-state index >= 15 is 0 Å². The first-order valence-electron chi connectivity index (χ1n) is 10.6. The third-order valence-corrected chi connectivity index (χ3v) is 5.29. The lowest BCUT2D eigenvalue weighted by atomic mass is 9.92. The summed E-state index contributed by atoms with van der Waals surface area (Å²) in [4.78, 5) is 18.8. The van der Waals surface area contributed by atoms with Gasteiger partial charge in [0.2, 0.25) is 5.91 Å². The van der Waals surface area contributed by atoms with E-state index < -0.39 is 0 Å². The molecule has 2 aromatic rings. The Bertz CT molecular complexity index is 776. The van der Waals surface area contributed by atoms with Crippen molar-refractivity contribution in [3.8, 4) is 0 Å². The summed E-state index contributed by atoms with van der Waals surface area (Å²) in [7, 11) is 0. The fourth-order valence-electron chi connectivity index (χ4n) is 3.71. The minimum atomic E-state index is 0. The van der Waals surface area contributed by atoms with E-state index in [9.17, 15) is 4.79 Å². The van der Waals surface area contributed by atoms with Crippen LogP contribution in [0.2, 0.25) is 0 Å². The highest BCUT2D eigenvalue weighted by molar-refractivity contribution is 14.0. The summed E-state index contributed by atoms with van der Waals surface area (Å²) in [5, 5.41) is 6.72. The van der Waals surface area contributed by atoms with E-state index in [1.807, 2.05) is 24.0 Å². The molecule has 2 N–H and O–H groups in total. The molecule has 1 atom stereocenters. The van der Waals surface area contributed by atoms with E-state index in [1.165, 1.54) is 11.1 Å². The predicted octanol–water partition coefficient (Wildman–Crippen LogP) is 3.81. The molecule has 5 nitrogen and oxygen atoms in total. The average molecular weight is 520 g/mol. The Balaban J connectivity index is 0.00000320. The molecule has 1 heterocycles. The minimum absolute atomic E-state index is 0. The van der Waals surface area contributed by atoms with Crippen LogP contribution in [0, 0.1) is 0 Å². The Kier molecular flexibility index (Phi) is 10.7. The molecule has 1 saturated heterocycles. The Labute approximate surface area is 197 Å². The van der Waals surface area contributed by atoms with Crippen LogP contribution in [0.5, 0.6) is 0 Å². The van der Waals surface area contributed by atoms with E-state index in [0.717, 1.165) is 45.4 Å². The Hall–Kier alpha value is -2.09. The molecule has 1 unspecified atom stereocenters. The second kappa shape index (κ2) is 13.3. The van der Waals surface area contributed by atoms with Gasteiger partial charge in [-0.25, -0.2) is 4.99 Å². The average Bonchev–Trinajstić information content (AvgIpc) is 3.31. The van der Waals surface area contributed by atoms with Crippen molar-refractivity contribution in [3.63, 3.8) is 0 Å². The number of likely N-dealkylation sites (tertiary alicyclic amines) is 1. The van der Waals surface area contributed by atoms with Gasteiger partial charge in [0.25, 0.3) is 0 Å². The zero-order valence-corrected chi connectivity index (χ0v) is 20.0. The van der Waals surface area contributed by atoms with Gasteiger partial charge in [-0.05, 0) is 37.3 Å². The summed E-state index contributed by atoms with van der Waals surface area (Å²) in [5.74, 6) is 1.13. The van der Waals surface area contributed by atoms with Crippen LogP contribution in [0.1, 0.15) is 36.8 Å². The second-order valence-electron chi connectivity index (χ2n) is 7.46. The van der Waals surface area contributed by atoms with Gasteiger partial charge in [0.05, 0.1) is 0 Å². The van der Waals surface area contributed by atoms with Crippen molar-refractivity contribution < 1.29 is 4.79 Å². The van der Waals surface area contributed by atoms with Crippen molar-refractivity contribution in [2.45, 2.75) is 32.1 Å². The second-order valence-corrected chi connectivity index (χ2v) is 7.46. The number of hydrogen-bond acceptors (Lipinski definition) is 2. The Morgan fingerprint density at radius 1 is 1.00 bits per heavy atom. The molecule has 0 spiro atoms. The molecule has 162 valence electrons. The Morgan fingerprint density at radius 3 is 2.27 bits per heavy atom. The molecule has 0 bridgehead atoms. The molecule has 6 heteroatoms. The summed E-state index contributed by atoms with van der Waals surface area (Å²) in [6.45, 7) is 5.49. The zero-order chi connectivity index (χ0) is 20.3. The van der Waals surface area contributed by atoms with Gasteiger partial charge in [0.15, 0.2) is 5.96 Å². The van der Waals surface area contributed by atoms with Crippen LogP contribution in [0.4, 0.5) is 0 Å². The van der Waals surface area contributed by atoms with Gasteiger partial charge in [-0.1, -0.05) is 60.7 Å². The maximum absolute atomic E-state index is 12.3. The molecule has 1 aliphatic rings. The van der Waals surface area contributed by atoms with Crippen molar-refractivity contribution in [2.75, 3.05) is 32.7 Å². The van der Waals surface area contributed by atoms with Gasteiger partial charge in [-0.15, -0.1) is 24.0 Å². The van der Waals surface area contributed by atoms with Crippen LogP contribution in [0.15, 0.2) is 65.7 Å². The lowest BCUT2D eigenvalue weighted by molar-refractivity contribution is -0.128. The molecule has 1 amide bonds. The fraction of sp³-hybridized carbons (Fsp3) is 0.417. The van der Waals surface area contributed by atoms with Crippen LogP contribution >= 0.6 is 24.0 Å². The summed E-state index contributed by atoms with van der Waals surface area (Å²) in [6.07, 6.45) is 3.15. The number of halogens is 1. The minimum Gasteiger partial charge on any atom is -0.357 e. The summed E-state index contributed by atoms with van der Waals surface area (Å²) >= 11 is 0. The van der Waals surface area contributed by atoms with Crippen LogP contribution < -0.4 is 10.6 Å². The molecular weight excluding hydrogens is 487 g/mol. The van der Waals surface area contributed by atoms with E-state index in [1.54, 1.807) is 0 Å². The third kappa shape index (κ3) is 7.63. The maximum Gasteiger partial charge on any atom is 0.244 e. The lowest BCUT2D eigenvalue weighted by Gasteiger charge is -2.20. The standard InChI is InChI=1S/C24H32N4O.HI/c1-2-25-24(27-19-23(29)28-15-9-10-16-28)26-18-22(21-13-7-4-8-14-21)17-20-11-5-3-6-12-20;/h3-8,11-14,22H,2,9-10,15-19H2,1H3,(H2,25,26,27);1H. The largest absolute Gasteiger partial charge is 0.357 e. The monoisotopic (exact) mass is 520 g/mol. The molecule has 2 aromatic carbocycles. The van der Waals surface area contributed by atoms with Crippen molar-refractivity contribution >= 4 is 35.8 Å². The van der Waals surface area contributed by atoms with Crippen molar-refractivity contribution in [1.29, 1.82) is 0 Å². The van der Waals surface area contributed by atoms with Gasteiger partial charge in [-0.3, -0.25) is 4.79 Å². The SMILES string of the molecule is CCNC(=NCC(=O)N1CCCC1)NCC(Cc1ccccc1)c1ccccc1.I. The molecule has 1 aliphatic heterocycles. The quantitative estimate of drug-likeness (QED) is 0.316. The van der Waals surface area contributed by atoms with E-state index in [4.69, 9.17) is 0 Å². The molecule has 0 saturated carbocycles. The van der Waals surface area contributed by atoms with Gasteiger partial charge in [-0.2, -0.15) is 0 Å². The molecule has 3 rings (SSSR count). The highest BCUT2D eigenvalue weighted by atomic mass is 127. The van der Waals surface area contributed by atoms with Crippen LogP contribution in [-0.4, -0.2) is 49.5 Å². The number of rotatable bonds is 8. The predicted molar refractivity (Wildman–Crippen MR) is 135 cm³/mol. The molecule has 0 aliphatic carbocycles. The number of guanidine groups is 1. The number of benzene rings is 2. The number of hydrogen-bond donors (Lipinski definition) is 2. The van der Waals surface area contributed by atoms with E-state index in [-0.39, 0.29) is 36.4 Å². The van der Waals surface area contributed by atoms with Crippen LogP contribution in [-0.2, 0) is 11.2 Å². The Morgan fingerprint density at radius 2 is 1.63 bits per heavy atom. The number of carbonyl (C=O) groups excluding carboxylic acids is 1. The van der Waals surface area contributed by atoms with Gasteiger partial charge in [0, 0.05) is 32.1 Å². The molecule has 30 heavy (non-hydrogen) atoms. The van der Waals surface area contributed by atoms with Crippen molar-refractivity contribution in [3.05, 3.63) is 71.8 Å². The smallest absolute Gasteiger partial charge is 0.244 e. The lowest BCUT2D eigenvalue weighted by Crippen LogP contribution is -2.40. The molecule has 1 fully saturated rings. The zero-order valence-electron chi connectivity index (χ0n) is 17.7. The first-order valence-corrected chi connectivity index (χ1v) is 10.6. The van der Waals surface area contributed by atoms with E-state index in [2.05, 4.69) is 64.2 Å². The normalized spacial score (nSPS) is 14.7. The molecule has 0 aromatic heterocycles. The molecular formula is C24H33IN4O. The van der Waals surface area contributed by atoms with Gasteiger partial charge in [0.1, 0.15) is 6.54 Å². The molecule has 0 radical (unpaired) electrons. The summed E-state index contributed by atoms with van der Waals surface area (Å²) < 4.78 is 0. The van der Waals surface area contributed by atoms with Crippen molar-refractivity contribution in [1.82, 2.24) is 15.5 Å². The topological polar surface area (TPSA) is 56.7 Å². The third-order valence-electron chi connectivity index (χ3n) is 5.29. The first-order chi connectivity index (χ1) is 14.3. The van der Waals surface area contributed by atoms with Crippen molar-refractivity contribution in [2.24, 2.45) is 4.99 Å². The fourth-order valence-corrected chi connectivity index (χ4v) is 3.71. The summed E-state index contributed by atoms with van der Waals surface area (Å²) in [6, 6.07) is 21.1. The number of nitrogens with one attached hydrogen (secondary N) is 2. The number of nitrogens with zero attached hydrogens (tertiary/aromatic N) is 2. The number of carbonyl (C=O) groups is 1. The first kappa shape index (κ1) is 24.2. The number of amides is 1. The highest BCUT2D eigenvalue weighted by Gasteiger charge is 2.18. The number of aliphatic imine (C=N–C) groups is 1. The van der Waals surface area contributed by atoms with Gasteiger partial charge >= 0.3 is 0 Å². The highest BCUT2D eigenvalue weighted by Crippen LogP contribution is 2.20. The van der Waals surface area contributed by atoms with Crippen LogP contribution in [0.3, 0.4) is 0 Å². The maximum atomic E-state index is 12.3. The van der Waals surface area contributed by atoms with Gasteiger partial charge < -0.3 is 15.5 Å². The van der Waals surface area contributed by atoms with E-state index in [0.29, 0.717) is 11.9 Å². The van der Waals surface area contributed by atoms with Crippen LogP contribution in [0.25, 0.3) is 0 Å².